The van der Waals surface area contributed by atoms with Crippen molar-refractivity contribution in [2.75, 3.05) is 13.2 Å². The molecule has 16 heavy (non-hydrogen) atoms. The van der Waals surface area contributed by atoms with Crippen LogP contribution >= 0.6 is 0 Å². The summed E-state index contributed by atoms with van der Waals surface area (Å²) in [6.45, 7) is -1.52. The highest BCUT2D eigenvalue weighted by Crippen LogP contribution is 2.29. The lowest BCUT2D eigenvalue weighted by atomic mass is 9.77. The molecule has 0 fully saturated rings. The van der Waals surface area contributed by atoms with E-state index in [1.54, 1.807) is 0 Å². The average Bonchev–Trinajstić information content (AvgIpc) is 2.17. The number of hydrogen-bond acceptors (Lipinski definition) is 6. The molecule has 2 atom stereocenters. The standard InChI is InChI=1S/C8H15NO7/c9-5(12)7(15,1-3-10)8(16,2-4-11)6(13)14/h10-11,15-16H,1-4H2,(H2,9,12)(H,13,14). The number of aliphatic hydroxyl groups excluding tert-OH is 2. The maximum atomic E-state index is 11.0. The molecule has 0 aliphatic rings. The van der Waals surface area contributed by atoms with Crippen molar-refractivity contribution in [3.8, 4) is 0 Å². The summed E-state index contributed by atoms with van der Waals surface area (Å²) in [5.41, 5.74) is -0.965. The first-order valence-electron chi connectivity index (χ1n) is 4.46. The van der Waals surface area contributed by atoms with Crippen LogP contribution in [0.15, 0.2) is 0 Å². The molecular formula is C8H15NO7. The van der Waals surface area contributed by atoms with Gasteiger partial charge in [0.2, 0.25) is 5.60 Å². The topological polar surface area (TPSA) is 161 Å². The first-order valence-corrected chi connectivity index (χ1v) is 4.46. The fraction of sp³-hybridized carbons (Fsp3) is 0.750. The van der Waals surface area contributed by atoms with Crippen LogP contribution in [0.2, 0.25) is 0 Å². The minimum absolute atomic E-state index is 0.745. The number of rotatable bonds is 7. The predicted molar refractivity (Wildman–Crippen MR) is 50.1 cm³/mol. The minimum atomic E-state index is -2.93. The normalized spacial score (nSPS) is 18.5. The van der Waals surface area contributed by atoms with Gasteiger partial charge in [0.1, 0.15) is 0 Å². The van der Waals surface area contributed by atoms with Crippen LogP contribution in [0.1, 0.15) is 12.8 Å². The maximum Gasteiger partial charge on any atom is 0.339 e. The number of amides is 1. The van der Waals surface area contributed by atoms with E-state index in [-0.39, 0.29) is 0 Å². The first-order chi connectivity index (χ1) is 7.26. The molecule has 94 valence electrons. The Morgan fingerprint density at radius 3 is 1.62 bits per heavy atom. The molecule has 0 aliphatic heterocycles. The molecule has 0 radical (unpaired) electrons. The summed E-state index contributed by atoms with van der Waals surface area (Å²) < 4.78 is 0. The molecule has 0 aromatic heterocycles. The molecule has 0 rings (SSSR count). The Hall–Kier alpha value is -1.22. The van der Waals surface area contributed by atoms with Gasteiger partial charge >= 0.3 is 5.97 Å². The number of carboxylic acid groups (broad SMARTS) is 1. The Balaban J connectivity index is 5.43. The number of carbonyl (C=O) groups excluding carboxylic acids is 1. The fourth-order valence-corrected chi connectivity index (χ4v) is 1.35. The molecule has 0 heterocycles. The van der Waals surface area contributed by atoms with Crippen LogP contribution in [0, 0.1) is 0 Å². The fourth-order valence-electron chi connectivity index (χ4n) is 1.35. The van der Waals surface area contributed by atoms with Gasteiger partial charge in [0.05, 0.1) is 0 Å². The molecule has 1 amide bonds. The number of nitrogens with two attached hydrogens (primary N) is 1. The Labute approximate surface area is 90.9 Å². The van der Waals surface area contributed by atoms with Gasteiger partial charge in [-0.15, -0.1) is 0 Å². The molecular weight excluding hydrogens is 222 g/mol. The molecule has 0 aliphatic carbocycles. The smallest absolute Gasteiger partial charge is 0.339 e. The number of aliphatic carboxylic acids is 1. The highest BCUT2D eigenvalue weighted by Gasteiger charge is 2.58. The largest absolute Gasteiger partial charge is 0.479 e. The van der Waals surface area contributed by atoms with Crippen molar-refractivity contribution >= 4 is 11.9 Å². The molecule has 2 unspecified atom stereocenters. The van der Waals surface area contributed by atoms with Crippen LogP contribution in [-0.4, -0.2) is 61.8 Å². The van der Waals surface area contributed by atoms with Crippen LogP contribution < -0.4 is 5.73 Å². The van der Waals surface area contributed by atoms with E-state index in [1.165, 1.54) is 0 Å². The number of carboxylic acids is 1. The summed E-state index contributed by atoms with van der Waals surface area (Å²) >= 11 is 0. The van der Waals surface area contributed by atoms with E-state index >= 15 is 0 Å². The summed E-state index contributed by atoms with van der Waals surface area (Å²) in [7, 11) is 0. The summed E-state index contributed by atoms with van der Waals surface area (Å²) in [5.74, 6) is -3.39. The third-order valence-corrected chi connectivity index (χ3v) is 2.39. The Bertz CT molecular complexity index is 254. The third-order valence-electron chi connectivity index (χ3n) is 2.39. The second-order valence-electron chi connectivity index (χ2n) is 3.34. The highest BCUT2D eigenvalue weighted by molar-refractivity contribution is 5.93. The monoisotopic (exact) mass is 237 g/mol. The van der Waals surface area contributed by atoms with E-state index in [2.05, 4.69) is 0 Å². The lowest BCUT2D eigenvalue weighted by Crippen LogP contribution is -2.66. The van der Waals surface area contributed by atoms with Crippen molar-refractivity contribution in [3.05, 3.63) is 0 Å². The van der Waals surface area contributed by atoms with E-state index in [0.29, 0.717) is 0 Å². The second-order valence-corrected chi connectivity index (χ2v) is 3.34. The van der Waals surface area contributed by atoms with Crippen molar-refractivity contribution in [2.45, 2.75) is 24.0 Å². The zero-order valence-electron chi connectivity index (χ0n) is 8.46. The van der Waals surface area contributed by atoms with Crippen molar-refractivity contribution in [1.82, 2.24) is 0 Å². The van der Waals surface area contributed by atoms with E-state index in [9.17, 15) is 19.8 Å². The average molecular weight is 237 g/mol. The third kappa shape index (κ3) is 2.30. The van der Waals surface area contributed by atoms with E-state index in [0.717, 1.165) is 0 Å². The molecule has 0 aromatic carbocycles. The van der Waals surface area contributed by atoms with Crippen LogP contribution in [0.4, 0.5) is 0 Å². The van der Waals surface area contributed by atoms with Crippen LogP contribution in [0.25, 0.3) is 0 Å². The number of aliphatic hydroxyl groups is 4. The van der Waals surface area contributed by atoms with Gasteiger partial charge in [0, 0.05) is 26.1 Å². The first kappa shape index (κ1) is 14.8. The van der Waals surface area contributed by atoms with Crippen LogP contribution in [0.5, 0.6) is 0 Å². The molecule has 8 nitrogen and oxygen atoms in total. The van der Waals surface area contributed by atoms with Crippen LogP contribution in [0.3, 0.4) is 0 Å². The Morgan fingerprint density at radius 2 is 1.38 bits per heavy atom. The molecule has 0 spiro atoms. The minimum Gasteiger partial charge on any atom is -0.479 e. The van der Waals surface area contributed by atoms with Gasteiger partial charge in [-0.1, -0.05) is 0 Å². The molecule has 8 heteroatoms. The summed E-state index contributed by atoms with van der Waals surface area (Å²) in [5, 5.41) is 45.4. The van der Waals surface area contributed by atoms with Gasteiger partial charge in [-0.3, -0.25) is 4.79 Å². The van der Waals surface area contributed by atoms with Gasteiger partial charge in [-0.05, 0) is 0 Å². The number of carbonyl (C=O) groups is 2. The van der Waals surface area contributed by atoms with Crippen molar-refractivity contribution in [1.29, 1.82) is 0 Å². The SMILES string of the molecule is NC(=O)C(O)(CCO)C(O)(CCO)C(=O)O. The molecule has 0 saturated heterocycles. The van der Waals surface area contributed by atoms with Crippen LogP contribution in [-0.2, 0) is 9.59 Å². The quantitative estimate of drug-likeness (QED) is 0.271. The summed E-state index contributed by atoms with van der Waals surface area (Å²) in [6.07, 6.45) is -1.53. The predicted octanol–water partition coefficient (Wildman–Crippen LogP) is -3.22. The zero-order valence-corrected chi connectivity index (χ0v) is 8.46. The summed E-state index contributed by atoms with van der Waals surface area (Å²) in [6, 6.07) is 0. The Kier molecular flexibility index (Phi) is 4.81. The zero-order chi connectivity index (χ0) is 13.0. The highest BCUT2D eigenvalue weighted by atomic mass is 16.4. The van der Waals surface area contributed by atoms with Crippen molar-refractivity contribution in [2.24, 2.45) is 5.73 Å². The van der Waals surface area contributed by atoms with Gasteiger partial charge < -0.3 is 31.3 Å². The molecule has 0 aromatic rings. The molecule has 0 saturated carbocycles. The lowest BCUT2D eigenvalue weighted by Gasteiger charge is -2.37. The van der Waals surface area contributed by atoms with Gasteiger partial charge in [0.15, 0.2) is 5.60 Å². The van der Waals surface area contributed by atoms with E-state index in [4.69, 9.17) is 21.1 Å². The maximum absolute atomic E-state index is 11.0. The molecule has 0 bridgehead atoms. The number of primary amides is 1. The van der Waals surface area contributed by atoms with E-state index in [1.807, 2.05) is 0 Å². The molecule has 7 N–H and O–H groups in total. The summed E-state index contributed by atoms with van der Waals surface area (Å²) in [4.78, 5) is 21.8. The van der Waals surface area contributed by atoms with E-state index < -0.39 is 49.1 Å². The second kappa shape index (κ2) is 5.21. The lowest BCUT2D eigenvalue weighted by molar-refractivity contribution is -0.201. The van der Waals surface area contributed by atoms with Gasteiger partial charge in [0.25, 0.3) is 5.91 Å². The van der Waals surface area contributed by atoms with Gasteiger partial charge in [-0.2, -0.15) is 0 Å². The van der Waals surface area contributed by atoms with Crippen molar-refractivity contribution in [3.63, 3.8) is 0 Å². The number of hydrogen-bond donors (Lipinski definition) is 6. The Morgan fingerprint density at radius 1 is 1.00 bits per heavy atom. The van der Waals surface area contributed by atoms with Gasteiger partial charge in [-0.25, -0.2) is 4.79 Å². The van der Waals surface area contributed by atoms with Crippen molar-refractivity contribution < 1.29 is 35.1 Å².